The molecule has 0 saturated carbocycles. The van der Waals surface area contributed by atoms with Crippen molar-refractivity contribution in [3.05, 3.63) is 0 Å². The molecular weight excluding hydrogens is 242 g/mol. The fourth-order valence-electron chi connectivity index (χ4n) is 2.66. The highest BCUT2D eigenvalue weighted by atomic mass is 16.3. The molecule has 19 heavy (non-hydrogen) atoms. The number of aliphatic hydroxyl groups is 1. The molecule has 0 aromatic heterocycles. The van der Waals surface area contributed by atoms with E-state index in [1.165, 1.54) is 11.3 Å². The van der Waals surface area contributed by atoms with Gasteiger partial charge in [0.25, 0.3) is 0 Å². The third-order valence-electron chi connectivity index (χ3n) is 3.47. The molecule has 112 valence electrons. The molecule has 1 aliphatic heterocycles. The van der Waals surface area contributed by atoms with E-state index in [0.717, 1.165) is 19.5 Å². The molecule has 1 saturated heterocycles. The Morgan fingerprint density at radius 2 is 2.16 bits per heavy atom. The summed E-state index contributed by atoms with van der Waals surface area (Å²) in [6.07, 6.45) is 1.89. The maximum absolute atomic E-state index is 11.8. The molecule has 0 spiro atoms. The zero-order valence-corrected chi connectivity index (χ0v) is 12.7. The van der Waals surface area contributed by atoms with Gasteiger partial charge in [0.05, 0.1) is 6.10 Å². The van der Waals surface area contributed by atoms with Gasteiger partial charge < -0.3 is 15.3 Å². The SMILES string of the molecule is CC(C)CN1CCC[C@@H]1CNC(=O)N(C)CC(C)O. The summed E-state index contributed by atoms with van der Waals surface area (Å²) < 4.78 is 0. The second kappa shape index (κ2) is 7.70. The Morgan fingerprint density at radius 3 is 2.74 bits per heavy atom. The van der Waals surface area contributed by atoms with Crippen LogP contribution < -0.4 is 5.32 Å². The molecule has 2 atom stereocenters. The van der Waals surface area contributed by atoms with Crippen LogP contribution in [0.5, 0.6) is 0 Å². The molecule has 5 nitrogen and oxygen atoms in total. The average molecular weight is 271 g/mol. The van der Waals surface area contributed by atoms with Gasteiger partial charge in [0.1, 0.15) is 0 Å². The summed E-state index contributed by atoms with van der Waals surface area (Å²) in [6, 6.07) is 0.364. The Balaban J connectivity index is 2.32. The molecule has 0 aromatic rings. The van der Waals surface area contributed by atoms with Gasteiger partial charge in [-0.1, -0.05) is 13.8 Å². The van der Waals surface area contributed by atoms with Crippen LogP contribution >= 0.6 is 0 Å². The Labute approximate surface area is 117 Å². The van der Waals surface area contributed by atoms with Gasteiger partial charge in [-0.25, -0.2) is 4.79 Å². The highest BCUT2D eigenvalue weighted by Crippen LogP contribution is 2.17. The van der Waals surface area contributed by atoms with E-state index in [-0.39, 0.29) is 6.03 Å². The average Bonchev–Trinajstić information content (AvgIpc) is 2.71. The van der Waals surface area contributed by atoms with E-state index in [2.05, 4.69) is 24.1 Å². The lowest BCUT2D eigenvalue weighted by atomic mass is 10.1. The summed E-state index contributed by atoms with van der Waals surface area (Å²) >= 11 is 0. The number of carbonyl (C=O) groups is 1. The van der Waals surface area contributed by atoms with Crippen LogP contribution in [0.2, 0.25) is 0 Å². The van der Waals surface area contributed by atoms with E-state index in [0.29, 0.717) is 25.0 Å². The third kappa shape index (κ3) is 5.78. The van der Waals surface area contributed by atoms with E-state index >= 15 is 0 Å². The smallest absolute Gasteiger partial charge is 0.317 e. The number of likely N-dealkylation sites (N-methyl/N-ethyl adjacent to an activating group) is 1. The fraction of sp³-hybridized carbons (Fsp3) is 0.929. The van der Waals surface area contributed by atoms with Crippen molar-refractivity contribution < 1.29 is 9.90 Å². The third-order valence-corrected chi connectivity index (χ3v) is 3.47. The Kier molecular flexibility index (Phi) is 6.58. The number of nitrogens with zero attached hydrogens (tertiary/aromatic N) is 2. The summed E-state index contributed by atoms with van der Waals surface area (Å²) in [7, 11) is 1.71. The topological polar surface area (TPSA) is 55.8 Å². The number of aliphatic hydroxyl groups excluding tert-OH is 1. The van der Waals surface area contributed by atoms with Crippen molar-refractivity contribution in [2.75, 3.05) is 33.2 Å². The quantitative estimate of drug-likeness (QED) is 0.761. The van der Waals surface area contributed by atoms with Crippen LogP contribution in [0.1, 0.15) is 33.6 Å². The van der Waals surface area contributed by atoms with Crippen LogP contribution in [0.15, 0.2) is 0 Å². The first kappa shape index (κ1) is 16.2. The Bertz CT molecular complexity index is 282. The molecule has 1 aliphatic rings. The maximum Gasteiger partial charge on any atom is 0.317 e. The number of rotatable bonds is 6. The van der Waals surface area contributed by atoms with Crippen molar-refractivity contribution >= 4 is 6.03 Å². The van der Waals surface area contributed by atoms with Gasteiger partial charge in [0.15, 0.2) is 0 Å². The zero-order valence-electron chi connectivity index (χ0n) is 12.7. The number of likely N-dealkylation sites (tertiary alicyclic amines) is 1. The molecule has 1 heterocycles. The standard InChI is InChI=1S/C14H29N3O2/c1-11(2)9-17-7-5-6-13(17)8-15-14(19)16(4)10-12(3)18/h11-13,18H,5-10H2,1-4H3,(H,15,19)/t12?,13-/m1/s1. The summed E-state index contributed by atoms with van der Waals surface area (Å²) in [5.74, 6) is 0.661. The van der Waals surface area contributed by atoms with E-state index in [1.807, 2.05) is 0 Å². The molecule has 2 N–H and O–H groups in total. The van der Waals surface area contributed by atoms with Crippen LogP contribution in [0.4, 0.5) is 4.79 Å². The van der Waals surface area contributed by atoms with Crippen LogP contribution in [-0.2, 0) is 0 Å². The summed E-state index contributed by atoms with van der Waals surface area (Å²) in [5.41, 5.74) is 0. The summed E-state index contributed by atoms with van der Waals surface area (Å²) in [5, 5.41) is 12.2. The monoisotopic (exact) mass is 271 g/mol. The summed E-state index contributed by atoms with van der Waals surface area (Å²) in [4.78, 5) is 15.9. The van der Waals surface area contributed by atoms with Crippen LogP contribution in [0.3, 0.4) is 0 Å². The van der Waals surface area contributed by atoms with Gasteiger partial charge in [-0.3, -0.25) is 4.90 Å². The van der Waals surface area contributed by atoms with Crippen molar-refractivity contribution in [3.8, 4) is 0 Å². The van der Waals surface area contributed by atoms with Crippen molar-refractivity contribution in [2.45, 2.75) is 45.8 Å². The lowest BCUT2D eigenvalue weighted by molar-refractivity contribution is 0.142. The van der Waals surface area contributed by atoms with Crippen molar-refractivity contribution in [3.63, 3.8) is 0 Å². The lowest BCUT2D eigenvalue weighted by Gasteiger charge is -2.27. The predicted octanol–water partition coefficient (Wildman–Crippen LogP) is 1.13. The molecule has 0 aromatic carbocycles. The highest BCUT2D eigenvalue weighted by molar-refractivity contribution is 5.73. The van der Waals surface area contributed by atoms with E-state index in [1.54, 1.807) is 14.0 Å². The Morgan fingerprint density at radius 1 is 1.47 bits per heavy atom. The van der Waals surface area contributed by atoms with Gasteiger partial charge in [-0.15, -0.1) is 0 Å². The molecule has 0 radical (unpaired) electrons. The molecule has 0 aliphatic carbocycles. The van der Waals surface area contributed by atoms with Crippen molar-refractivity contribution in [1.29, 1.82) is 0 Å². The minimum atomic E-state index is -0.486. The summed E-state index contributed by atoms with van der Waals surface area (Å²) in [6.45, 7) is 9.45. The lowest BCUT2D eigenvalue weighted by Crippen LogP contribution is -2.46. The van der Waals surface area contributed by atoms with Gasteiger partial charge in [0.2, 0.25) is 0 Å². The maximum atomic E-state index is 11.8. The number of carbonyl (C=O) groups excluding carboxylic acids is 1. The first-order valence-corrected chi connectivity index (χ1v) is 7.31. The van der Waals surface area contributed by atoms with Gasteiger partial charge in [-0.2, -0.15) is 0 Å². The van der Waals surface area contributed by atoms with Crippen LogP contribution in [0, 0.1) is 5.92 Å². The molecule has 1 fully saturated rings. The fourth-order valence-corrected chi connectivity index (χ4v) is 2.66. The Hall–Kier alpha value is -0.810. The largest absolute Gasteiger partial charge is 0.392 e. The molecule has 0 bridgehead atoms. The van der Waals surface area contributed by atoms with Crippen LogP contribution in [0.25, 0.3) is 0 Å². The number of urea groups is 1. The van der Waals surface area contributed by atoms with Gasteiger partial charge in [0, 0.05) is 32.7 Å². The van der Waals surface area contributed by atoms with Crippen LogP contribution in [-0.4, -0.2) is 66.3 Å². The second-order valence-electron chi connectivity index (χ2n) is 6.10. The number of amides is 2. The molecule has 5 heteroatoms. The van der Waals surface area contributed by atoms with E-state index < -0.39 is 6.10 Å². The first-order chi connectivity index (χ1) is 8.90. The molecule has 1 rings (SSSR count). The van der Waals surface area contributed by atoms with Crippen molar-refractivity contribution in [2.24, 2.45) is 5.92 Å². The molecular formula is C14H29N3O2. The number of nitrogens with one attached hydrogen (secondary N) is 1. The van der Waals surface area contributed by atoms with Crippen molar-refractivity contribution in [1.82, 2.24) is 15.1 Å². The van der Waals surface area contributed by atoms with E-state index in [9.17, 15) is 9.90 Å². The highest BCUT2D eigenvalue weighted by Gasteiger charge is 2.25. The number of hydrogen-bond donors (Lipinski definition) is 2. The van der Waals surface area contributed by atoms with Gasteiger partial charge in [-0.05, 0) is 32.2 Å². The second-order valence-corrected chi connectivity index (χ2v) is 6.10. The number of hydrogen-bond acceptors (Lipinski definition) is 3. The minimum absolute atomic E-state index is 0.0997. The predicted molar refractivity (Wildman–Crippen MR) is 77.1 cm³/mol. The molecule has 2 amide bonds. The normalized spacial score (nSPS) is 21.7. The minimum Gasteiger partial charge on any atom is -0.392 e. The molecule has 1 unspecified atom stereocenters. The first-order valence-electron chi connectivity index (χ1n) is 7.31. The zero-order chi connectivity index (χ0) is 14.4. The van der Waals surface area contributed by atoms with E-state index in [4.69, 9.17) is 0 Å². The van der Waals surface area contributed by atoms with Gasteiger partial charge >= 0.3 is 6.03 Å².